The van der Waals surface area contributed by atoms with Crippen molar-refractivity contribution in [2.45, 2.75) is 30.0 Å². The van der Waals surface area contributed by atoms with Crippen LogP contribution in [-0.4, -0.2) is 29.0 Å². The van der Waals surface area contributed by atoms with Crippen molar-refractivity contribution in [1.82, 2.24) is 15.5 Å². The molecular weight excluding hydrogens is 284 g/mol. The molecule has 1 unspecified atom stereocenters. The molecule has 1 aromatic carbocycles. The molecule has 1 aromatic heterocycles. The van der Waals surface area contributed by atoms with E-state index in [1.807, 2.05) is 14.0 Å². The van der Waals surface area contributed by atoms with E-state index in [9.17, 15) is 8.78 Å². The van der Waals surface area contributed by atoms with Crippen LogP contribution in [0.3, 0.4) is 0 Å². The molecule has 2 aromatic rings. The Morgan fingerprint density at radius 1 is 1.35 bits per heavy atom. The highest BCUT2D eigenvalue weighted by Gasteiger charge is 2.16. The number of nitrogens with one attached hydrogen (secondary N) is 1. The van der Waals surface area contributed by atoms with Crippen LogP contribution in [0.1, 0.15) is 12.7 Å². The van der Waals surface area contributed by atoms with Crippen LogP contribution >= 0.6 is 11.8 Å². The van der Waals surface area contributed by atoms with Crippen LogP contribution in [0.5, 0.6) is 0 Å². The maximum atomic E-state index is 12.5. The number of aromatic nitrogens is 2. The second-order valence-corrected chi connectivity index (χ2v) is 5.32. The van der Waals surface area contributed by atoms with E-state index >= 15 is 0 Å². The SMILES string of the molecule is CNC(C)Cc1noc(-c2ccccc2SC(F)F)n1. The van der Waals surface area contributed by atoms with Gasteiger partial charge in [-0.25, -0.2) is 0 Å². The molecule has 20 heavy (non-hydrogen) atoms. The fraction of sp³-hybridized carbons (Fsp3) is 0.385. The summed E-state index contributed by atoms with van der Waals surface area (Å²) in [7, 11) is 1.85. The molecule has 0 aliphatic rings. The van der Waals surface area contributed by atoms with Crippen molar-refractivity contribution in [2.24, 2.45) is 0 Å². The Bertz CT molecular complexity index is 562. The van der Waals surface area contributed by atoms with E-state index < -0.39 is 5.76 Å². The first kappa shape index (κ1) is 14.9. The second kappa shape index (κ2) is 6.81. The van der Waals surface area contributed by atoms with E-state index in [-0.39, 0.29) is 11.9 Å². The zero-order chi connectivity index (χ0) is 14.5. The minimum absolute atomic E-state index is 0.214. The van der Waals surface area contributed by atoms with Crippen LogP contribution in [0, 0.1) is 0 Å². The molecule has 2 rings (SSSR count). The van der Waals surface area contributed by atoms with Gasteiger partial charge < -0.3 is 9.84 Å². The number of alkyl halides is 2. The second-order valence-electron chi connectivity index (χ2n) is 4.28. The summed E-state index contributed by atoms with van der Waals surface area (Å²) in [6, 6.07) is 6.99. The lowest BCUT2D eigenvalue weighted by Crippen LogP contribution is -2.24. The minimum Gasteiger partial charge on any atom is -0.334 e. The topological polar surface area (TPSA) is 51.0 Å². The van der Waals surface area contributed by atoms with E-state index in [0.717, 1.165) is 0 Å². The fourth-order valence-electron chi connectivity index (χ4n) is 1.66. The maximum absolute atomic E-state index is 12.5. The number of hydrogen-bond donors (Lipinski definition) is 1. The summed E-state index contributed by atoms with van der Waals surface area (Å²) in [5.41, 5.74) is 0.536. The third kappa shape index (κ3) is 3.77. The number of thioether (sulfide) groups is 1. The summed E-state index contributed by atoms with van der Waals surface area (Å²) in [6.45, 7) is 2.00. The molecule has 0 aliphatic heterocycles. The monoisotopic (exact) mass is 299 g/mol. The smallest absolute Gasteiger partial charge is 0.288 e. The number of halogens is 2. The van der Waals surface area contributed by atoms with Crippen LogP contribution in [0.2, 0.25) is 0 Å². The molecular formula is C13H15F2N3OS. The van der Waals surface area contributed by atoms with Crippen LogP contribution in [0.25, 0.3) is 11.5 Å². The van der Waals surface area contributed by atoms with Gasteiger partial charge in [-0.15, -0.1) is 0 Å². The minimum atomic E-state index is -2.48. The van der Waals surface area contributed by atoms with Gasteiger partial charge in [-0.1, -0.05) is 29.1 Å². The van der Waals surface area contributed by atoms with Crippen LogP contribution < -0.4 is 5.32 Å². The van der Waals surface area contributed by atoms with Gasteiger partial charge in [0.2, 0.25) is 0 Å². The highest BCUT2D eigenvalue weighted by Crippen LogP contribution is 2.33. The van der Waals surface area contributed by atoms with E-state index in [0.29, 0.717) is 34.5 Å². The number of likely N-dealkylation sites (N-methyl/N-ethyl adjacent to an activating group) is 1. The van der Waals surface area contributed by atoms with Crippen LogP contribution in [0.4, 0.5) is 8.78 Å². The van der Waals surface area contributed by atoms with Gasteiger partial charge in [0.25, 0.3) is 11.6 Å². The Hall–Kier alpha value is -1.47. The fourth-order valence-corrected chi connectivity index (χ4v) is 2.30. The lowest BCUT2D eigenvalue weighted by molar-refractivity contribution is 0.252. The van der Waals surface area contributed by atoms with Crippen molar-refractivity contribution in [3.8, 4) is 11.5 Å². The van der Waals surface area contributed by atoms with Gasteiger partial charge in [-0.3, -0.25) is 0 Å². The standard InChI is InChI=1S/C13H15F2N3OS/c1-8(16-2)7-11-17-12(19-18-11)9-5-3-4-6-10(9)20-13(14)15/h3-6,8,13,16H,7H2,1-2H3. The first-order valence-corrected chi connectivity index (χ1v) is 7.02. The number of hydrogen-bond acceptors (Lipinski definition) is 5. The van der Waals surface area contributed by atoms with E-state index in [2.05, 4.69) is 15.5 Å². The van der Waals surface area contributed by atoms with Crippen LogP contribution in [-0.2, 0) is 6.42 Å². The summed E-state index contributed by atoms with van der Waals surface area (Å²) < 4.78 is 30.2. The van der Waals surface area contributed by atoms with Crippen molar-refractivity contribution in [3.05, 3.63) is 30.1 Å². The van der Waals surface area contributed by atoms with E-state index in [4.69, 9.17) is 4.52 Å². The van der Waals surface area contributed by atoms with Crippen molar-refractivity contribution in [1.29, 1.82) is 0 Å². The predicted molar refractivity (Wildman–Crippen MR) is 73.8 cm³/mol. The molecule has 0 fully saturated rings. The molecule has 0 saturated heterocycles. The first-order chi connectivity index (χ1) is 9.60. The average Bonchev–Trinajstić information content (AvgIpc) is 2.87. The van der Waals surface area contributed by atoms with Gasteiger partial charge in [0.1, 0.15) is 0 Å². The Kier molecular flexibility index (Phi) is 5.08. The zero-order valence-corrected chi connectivity index (χ0v) is 12.0. The van der Waals surface area contributed by atoms with Crippen molar-refractivity contribution >= 4 is 11.8 Å². The Labute approximate surface area is 120 Å². The molecule has 0 saturated carbocycles. The Morgan fingerprint density at radius 2 is 2.10 bits per heavy atom. The third-order valence-electron chi connectivity index (χ3n) is 2.78. The first-order valence-electron chi connectivity index (χ1n) is 6.14. The number of rotatable bonds is 6. The predicted octanol–water partition coefficient (Wildman–Crippen LogP) is 3.20. The molecule has 0 aliphatic carbocycles. The van der Waals surface area contributed by atoms with Crippen molar-refractivity contribution in [3.63, 3.8) is 0 Å². The summed E-state index contributed by atoms with van der Waals surface area (Å²) in [6.07, 6.45) is 0.615. The summed E-state index contributed by atoms with van der Waals surface area (Å²) >= 11 is 0.474. The molecule has 1 atom stereocenters. The Morgan fingerprint density at radius 3 is 2.80 bits per heavy atom. The van der Waals surface area contributed by atoms with E-state index in [1.165, 1.54) is 0 Å². The molecule has 0 spiro atoms. The molecule has 4 nitrogen and oxygen atoms in total. The zero-order valence-electron chi connectivity index (χ0n) is 11.1. The Balaban J connectivity index is 2.23. The van der Waals surface area contributed by atoms with Gasteiger partial charge >= 0.3 is 0 Å². The molecule has 7 heteroatoms. The van der Waals surface area contributed by atoms with Crippen LogP contribution in [0.15, 0.2) is 33.7 Å². The summed E-state index contributed by atoms with van der Waals surface area (Å²) in [5, 5.41) is 6.95. The molecule has 108 valence electrons. The largest absolute Gasteiger partial charge is 0.334 e. The molecule has 1 N–H and O–H groups in total. The van der Waals surface area contributed by atoms with Gasteiger partial charge in [-0.05, 0) is 26.1 Å². The molecule has 0 amide bonds. The number of benzene rings is 1. The van der Waals surface area contributed by atoms with Crippen molar-refractivity contribution in [2.75, 3.05) is 7.05 Å². The van der Waals surface area contributed by atoms with Gasteiger partial charge in [0.15, 0.2) is 5.82 Å². The number of nitrogens with zero attached hydrogens (tertiary/aromatic N) is 2. The maximum Gasteiger partial charge on any atom is 0.288 e. The van der Waals surface area contributed by atoms with Gasteiger partial charge in [0.05, 0.1) is 5.56 Å². The molecule has 0 radical (unpaired) electrons. The quantitative estimate of drug-likeness (QED) is 0.830. The van der Waals surface area contributed by atoms with Gasteiger partial charge in [0, 0.05) is 17.4 Å². The lowest BCUT2D eigenvalue weighted by Gasteiger charge is -2.05. The van der Waals surface area contributed by atoms with E-state index in [1.54, 1.807) is 24.3 Å². The molecule has 0 bridgehead atoms. The summed E-state index contributed by atoms with van der Waals surface area (Å²) in [4.78, 5) is 4.69. The molecule has 1 heterocycles. The highest BCUT2D eigenvalue weighted by atomic mass is 32.2. The van der Waals surface area contributed by atoms with Crippen molar-refractivity contribution < 1.29 is 13.3 Å². The third-order valence-corrected chi connectivity index (χ3v) is 3.57. The lowest BCUT2D eigenvalue weighted by atomic mass is 10.2. The average molecular weight is 299 g/mol. The normalized spacial score (nSPS) is 12.8. The highest BCUT2D eigenvalue weighted by molar-refractivity contribution is 7.99. The summed E-state index contributed by atoms with van der Waals surface area (Å²) in [5.74, 6) is -1.66. The van der Waals surface area contributed by atoms with Gasteiger partial charge in [-0.2, -0.15) is 13.8 Å².